The van der Waals surface area contributed by atoms with Crippen LogP contribution in [0, 0.1) is 182 Å². The molecule has 16 atom stereocenters. The van der Waals surface area contributed by atoms with E-state index in [0.717, 1.165) is 101 Å². The molecule has 28 fully saturated rings. The van der Waals surface area contributed by atoms with E-state index < -0.39 is 0 Å². The number of hydrogen-bond acceptors (Lipinski definition) is 0. The molecule has 0 aliphatic heterocycles. The third-order valence-corrected chi connectivity index (χ3v) is 35.7. The fraction of sp³-hybridized carbons (Fsp3) is 1.00. The van der Waals surface area contributed by atoms with Crippen molar-refractivity contribution < 1.29 is 0 Å². The van der Waals surface area contributed by atoms with E-state index in [1.54, 1.807) is 173 Å². The first-order valence-electron chi connectivity index (χ1n) is 31.9. The van der Waals surface area contributed by atoms with Gasteiger partial charge < -0.3 is 0 Å². The normalized spacial score (nSPS) is 78.8. The second-order valence-corrected chi connectivity index (χ2v) is 39.0. The molecular formula is C68H98. The molecule has 68 heavy (non-hydrogen) atoms. The average Bonchev–Trinajstić information content (AvgIpc) is 3.23. The van der Waals surface area contributed by atoms with Crippen molar-refractivity contribution in [2.45, 2.75) is 236 Å². The summed E-state index contributed by atoms with van der Waals surface area (Å²) < 4.78 is 0. The lowest BCUT2D eigenvalue weighted by Crippen LogP contribution is -2.78. The molecule has 0 nitrogen and oxygen atoms in total. The van der Waals surface area contributed by atoms with Crippen LogP contribution >= 0.6 is 0 Å². The van der Waals surface area contributed by atoms with Crippen LogP contribution in [0.25, 0.3) is 0 Å². The molecule has 0 heterocycles. The minimum absolute atomic E-state index is 0.660. The molecule has 0 saturated heterocycles. The van der Waals surface area contributed by atoms with Gasteiger partial charge in [-0.15, -0.1) is 0 Å². The molecule has 28 saturated carbocycles. The highest BCUT2D eigenvalue weighted by Gasteiger charge is 2.85. The number of hydrogen-bond donors (Lipinski definition) is 0. The molecule has 0 aromatic heterocycles. The summed E-state index contributed by atoms with van der Waals surface area (Å²) in [6.07, 6.45) is 45.2. The topological polar surface area (TPSA) is 0 Å². The van der Waals surface area contributed by atoms with Crippen LogP contribution in [-0.2, 0) is 0 Å². The van der Waals surface area contributed by atoms with Crippen LogP contribution in [0.3, 0.4) is 0 Å². The monoisotopic (exact) mass is 915 g/mol. The molecule has 0 N–H and O–H groups in total. The zero-order valence-corrected chi connectivity index (χ0v) is 45.4. The van der Waals surface area contributed by atoms with E-state index >= 15 is 0 Å². The van der Waals surface area contributed by atoms with Gasteiger partial charge in [-0.05, 0) is 355 Å². The summed E-state index contributed by atoms with van der Waals surface area (Å²) in [7, 11) is 0. The molecule has 0 spiro atoms. The zero-order chi connectivity index (χ0) is 45.4. The Hall–Kier alpha value is 0. The largest absolute Gasteiger partial charge is 0.0596 e. The quantitative estimate of drug-likeness (QED) is 0.249. The second kappa shape index (κ2) is 10.3. The fourth-order valence-electron chi connectivity index (χ4n) is 36.9. The van der Waals surface area contributed by atoms with E-state index in [1.165, 1.54) is 0 Å². The lowest BCUT2D eigenvalue weighted by molar-refractivity contribution is -0.372. The van der Waals surface area contributed by atoms with Crippen molar-refractivity contribution >= 4 is 0 Å². The van der Waals surface area contributed by atoms with E-state index in [1.807, 2.05) is 0 Å². The fourth-order valence-corrected chi connectivity index (χ4v) is 36.9. The van der Waals surface area contributed by atoms with Crippen molar-refractivity contribution in [3.8, 4) is 0 Å². The SMILES string of the molecule is CC12CC3C4CC5(CC67CC8C9CC%10(CC%11%12CC%13C%14CC%15(C)CC(C(C%11)C%13(C)C%15)C%14(C)C%12)CC8C(C6)C(CC68CC%11(C)CC%12C6CC6(C)CC8C(C%11)C%12(C)C6)(C%10)C9C7)CC(C(C1)C3(C)C5)C4(C)C2. The summed E-state index contributed by atoms with van der Waals surface area (Å²) in [4.78, 5) is 0. The van der Waals surface area contributed by atoms with Gasteiger partial charge in [-0.3, -0.25) is 0 Å². The Morgan fingerprint density at radius 1 is 0.221 bits per heavy atom. The van der Waals surface area contributed by atoms with Gasteiger partial charge in [0.05, 0.1) is 0 Å². The van der Waals surface area contributed by atoms with Gasteiger partial charge in [0.2, 0.25) is 0 Å². The molecule has 370 valence electrons. The zero-order valence-electron chi connectivity index (χ0n) is 45.4. The molecule has 0 radical (unpaired) electrons. The molecule has 28 aliphatic rings. The van der Waals surface area contributed by atoms with Gasteiger partial charge >= 0.3 is 0 Å². The van der Waals surface area contributed by atoms with Gasteiger partial charge in [0, 0.05) is 0 Å². The van der Waals surface area contributed by atoms with E-state index in [4.69, 9.17) is 0 Å². The summed E-state index contributed by atoms with van der Waals surface area (Å²) in [6, 6.07) is 0. The van der Waals surface area contributed by atoms with Gasteiger partial charge in [-0.1, -0.05) is 62.3 Å². The maximum Gasteiger partial charge on any atom is -0.0224 e. The van der Waals surface area contributed by atoms with Crippen LogP contribution in [0.5, 0.6) is 0 Å². The Kier molecular flexibility index (Phi) is 6.13. The smallest absolute Gasteiger partial charge is 0.0224 e. The minimum Gasteiger partial charge on any atom is -0.0596 e. The summed E-state index contributed by atoms with van der Waals surface area (Å²) >= 11 is 0. The Morgan fingerprint density at radius 2 is 0.500 bits per heavy atom. The van der Waals surface area contributed by atoms with Gasteiger partial charge in [0.1, 0.15) is 0 Å². The molecule has 0 heteroatoms. The van der Waals surface area contributed by atoms with Gasteiger partial charge in [0.25, 0.3) is 0 Å². The third kappa shape index (κ3) is 3.85. The average molecular weight is 916 g/mol. The summed E-state index contributed by atoms with van der Waals surface area (Å²) in [6.45, 7) is 25.9. The molecule has 32 bridgehead atoms. The highest BCUT2D eigenvalue weighted by Crippen LogP contribution is 2.93. The third-order valence-electron chi connectivity index (χ3n) is 35.7. The highest BCUT2D eigenvalue weighted by atomic mass is 14.9. The Labute approximate surface area is 415 Å². The highest BCUT2D eigenvalue weighted by molar-refractivity contribution is 5.34. The number of rotatable bonds is 6. The molecule has 0 aromatic carbocycles. The van der Waals surface area contributed by atoms with Crippen molar-refractivity contribution in [1.82, 2.24) is 0 Å². The molecule has 0 aromatic rings. The van der Waals surface area contributed by atoms with Crippen LogP contribution < -0.4 is 0 Å². The lowest BCUT2D eigenvalue weighted by Gasteiger charge is -2.86. The van der Waals surface area contributed by atoms with Gasteiger partial charge in [-0.2, -0.15) is 0 Å². The van der Waals surface area contributed by atoms with Crippen LogP contribution in [-0.4, -0.2) is 0 Å². The summed E-state index contributed by atoms with van der Waals surface area (Å²) in [5, 5.41) is 0. The van der Waals surface area contributed by atoms with E-state index in [9.17, 15) is 0 Å². The van der Waals surface area contributed by atoms with Crippen LogP contribution in [0.15, 0.2) is 0 Å². The first-order valence-corrected chi connectivity index (χ1v) is 31.9. The molecular weight excluding hydrogens is 817 g/mol. The van der Waals surface area contributed by atoms with Crippen LogP contribution in [0.2, 0.25) is 0 Å². The van der Waals surface area contributed by atoms with E-state index in [2.05, 4.69) is 62.3 Å². The van der Waals surface area contributed by atoms with Crippen LogP contribution in [0.1, 0.15) is 236 Å². The van der Waals surface area contributed by atoms with Crippen molar-refractivity contribution in [3.05, 3.63) is 0 Å². The predicted molar refractivity (Wildman–Crippen MR) is 272 cm³/mol. The molecule has 0 amide bonds. The molecule has 16 unspecified atom stereocenters. The first-order chi connectivity index (χ1) is 31.9. The Bertz CT molecular complexity index is 2360. The maximum absolute atomic E-state index is 2.96. The summed E-state index contributed by atoms with van der Waals surface area (Å²) in [5.41, 5.74) is 10.3. The first kappa shape index (κ1) is 40.3. The molecule has 28 rings (SSSR count). The summed E-state index contributed by atoms with van der Waals surface area (Å²) in [5.74, 6) is 18.5. The van der Waals surface area contributed by atoms with Crippen molar-refractivity contribution in [2.24, 2.45) is 182 Å². The molecule has 28 aliphatic carbocycles. The Balaban J connectivity index is 0.699. The lowest BCUT2D eigenvalue weighted by atomic mass is 9.19. The van der Waals surface area contributed by atoms with Crippen molar-refractivity contribution in [1.29, 1.82) is 0 Å². The van der Waals surface area contributed by atoms with Crippen molar-refractivity contribution in [3.63, 3.8) is 0 Å². The van der Waals surface area contributed by atoms with Gasteiger partial charge in [-0.25, -0.2) is 0 Å². The Morgan fingerprint density at radius 3 is 0.926 bits per heavy atom. The standard InChI is InChI=1S/C68H98/c1-54-13-42-48-23-65(24-49(59(48,6)27-54)43(14-54)61(42,8)31-65)33-63-10-37-38-11-64(34-66-25-50-44-15-55(2)16-45(62(44,9)32-66)51(26-66)60(50,7)28-55)12-39(37)41(22-63)68(35-64,40(38)21-63)36-67-30-57(4)17-46-52(67)19-56(3)20-53(67)47(18-57)58(46,5)29-56/h37-53H,10-36H2,1-9H3. The van der Waals surface area contributed by atoms with Gasteiger partial charge in [0.15, 0.2) is 0 Å². The minimum atomic E-state index is 0.660. The predicted octanol–water partition coefficient (Wildman–Crippen LogP) is 17.2. The van der Waals surface area contributed by atoms with Crippen molar-refractivity contribution in [2.75, 3.05) is 0 Å². The van der Waals surface area contributed by atoms with E-state index in [-0.39, 0.29) is 0 Å². The van der Waals surface area contributed by atoms with E-state index in [0.29, 0.717) is 81.2 Å². The second-order valence-electron chi connectivity index (χ2n) is 39.0. The van der Waals surface area contributed by atoms with Crippen LogP contribution in [0.4, 0.5) is 0 Å². The maximum atomic E-state index is 2.96.